The van der Waals surface area contributed by atoms with Crippen molar-refractivity contribution in [2.24, 2.45) is 5.92 Å². The molecule has 1 N–H and O–H groups in total. The van der Waals surface area contributed by atoms with E-state index in [0.29, 0.717) is 11.3 Å². The maximum atomic E-state index is 12.0. The second kappa shape index (κ2) is 6.54. The molecule has 0 radical (unpaired) electrons. The summed E-state index contributed by atoms with van der Waals surface area (Å²) < 4.78 is 29.9. The second-order valence-corrected chi connectivity index (χ2v) is 7.32. The van der Waals surface area contributed by atoms with Gasteiger partial charge in [-0.2, -0.15) is 0 Å². The van der Waals surface area contributed by atoms with Crippen molar-refractivity contribution in [1.29, 1.82) is 0 Å². The van der Waals surface area contributed by atoms with Crippen LogP contribution in [-0.4, -0.2) is 33.0 Å². The lowest BCUT2D eigenvalue weighted by atomic mass is 10.2. The number of methoxy groups -OCH3 is 1. The molecule has 0 aliphatic heterocycles. The zero-order valence-electron chi connectivity index (χ0n) is 10.4. The average molecular weight is 337 g/mol. The van der Waals surface area contributed by atoms with E-state index >= 15 is 0 Å². The van der Waals surface area contributed by atoms with Crippen LogP contribution in [0.1, 0.15) is 12.5 Å². The van der Waals surface area contributed by atoms with Gasteiger partial charge in [-0.15, -0.1) is 0 Å². The summed E-state index contributed by atoms with van der Waals surface area (Å²) in [6.45, 7) is 1.57. The SMILES string of the molecule is COc1ccc(Br)cc1CS(=O)(=O)CC(C)CO. The molecular weight excluding hydrogens is 320 g/mol. The Kier molecular flexibility index (Phi) is 5.62. The van der Waals surface area contributed by atoms with Crippen molar-refractivity contribution in [2.45, 2.75) is 12.7 Å². The predicted molar refractivity (Wildman–Crippen MR) is 74.4 cm³/mol. The van der Waals surface area contributed by atoms with Gasteiger partial charge in [-0.3, -0.25) is 0 Å². The van der Waals surface area contributed by atoms with Gasteiger partial charge < -0.3 is 9.84 Å². The molecule has 0 saturated carbocycles. The molecule has 0 aliphatic carbocycles. The third-order valence-electron chi connectivity index (χ3n) is 2.47. The van der Waals surface area contributed by atoms with Gasteiger partial charge in [0.25, 0.3) is 0 Å². The van der Waals surface area contributed by atoms with Gasteiger partial charge in [0.05, 0.1) is 18.6 Å². The lowest BCUT2D eigenvalue weighted by Gasteiger charge is -2.12. The van der Waals surface area contributed by atoms with E-state index in [-0.39, 0.29) is 24.0 Å². The number of hydrogen-bond donors (Lipinski definition) is 1. The van der Waals surface area contributed by atoms with Gasteiger partial charge in [-0.05, 0) is 24.1 Å². The number of halogens is 1. The van der Waals surface area contributed by atoms with Gasteiger partial charge in [-0.25, -0.2) is 8.42 Å². The van der Waals surface area contributed by atoms with Crippen molar-refractivity contribution in [2.75, 3.05) is 19.5 Å². The summed E-state index contributed by atoms with van der Waals surface area (Å²) >= 11 is 3.31. The lowest BCUT2D eigenvalue weighted by Crippen LogP contribution is -2.18. The molecule has 0 heterocycles. The minimum Gasteiger partial charge on any atom is -0.496 e. The Morgan fingerprint density at radius 3 is 2.67 bits per heavy atom. The molecule has 0 saturated heterocycles. The standard InChI is InChI=1S/C12H17BrO4S/c1-9(6-14)7-18(15,16)8-10-5-11(13)3-4-12(10)17-2/h3-5,9,14H,6-8H2,1-2H3. The summed E-state index contributed by atoms with van der Waals surface area (Å²) in [5.74, 6) is 0.186. The molecule has 18 heavy (non-hydrogen) atoms. The first kappa shape index (κ1) is 15.5. The van der Waals surface area contributed by atoms with E-state index in [0.717, 1.165) is 4.47 Å². The summed E-state index contributed by atoms with van der Waals surface area (Å²) in [4.78, 5) is 0. The molecule has 0 spiro atoms. The van der Waals surface area contributed by atoms with E-state index in [4.69, 9.17) is 9.84 Å². The molecular formula is C12H17BrO4S. The monoisotopic (exact) mass is 336 g/mol. The molecule has 1 unspecified atom stereocenters. The number of benzene rings is 1. The summed E-state index contributed by atoms with van der Waals surface area (Å²) in [5, 5.41) is 8.91. The Morgan fingerprint density at radius 2 is 2.11 bits per heavy atom. The first-order chi connectivity index (χ1) is 8.38. The largest absolute Gasteiger partial charge is 0.496 e. The van der Waals surface area contributed by atoms with Crippen LogP contribution in [0.15, 0.2) is 22.7 Å². The number of aliphatic hydroxyl groups is 1. The minimum atomic E-state index is -3.26. The Morgan fingerprint density at radius 1 is 1.44 bits per heavy atom. The van der Waals surface area contributed by atoms with Crippen LogP contribution >= 0.6 is 15.9 Å². The summed E-state index contributed by atoms with van der Waals surface area (Å²) in [6, 6.07) is 5.26. The van der Waals surface area contributed by atoms with Crippen molar-refractivity contribution >= 4 is 25.8 Å². The molecule has 0 bridgehead atoms. The lowest BCUT2D eigenvalue weighted by molar-refractivity contribution is 0.249. The maximum Gasteiger partial charge on any atom is 0.154 e. The molecule has 1 aromatic carbocycles. The van der Waals surface area contributed by atoms with Gasteiger partial charge in [0.2, 0.25) is 0 Å². The van der Waals surface area contributed by atoms with E-state index < -0.39 is 9.84 Å². The molecule has 0 fully saturated rings. The van der Waals surface area contributed by atoms with Crippen molar-refractivity contribution in [3.63, 3.8) is 0 Å². The normalized spacial score (nSPS) is 13.3. The quantitative estimate of drug-likeness (QED) is 0.862. The highest BCUT2D eigenvalue weighted by molar-refractivity contribution is 9.10. The van der Waals surface area contributed by atoms with Crippen LogP contribution in [0.2, 0.25) is 0 Å². The molecule has 1 atom stereocenters. The fourth-order valence-corrected chi connectivity index (χ4v) is 3.84. The smallest absolute Gasteiger partial charge is 0.154 e. The van der Waals surface area contributed by atoms with Crippen LogP contribution in [0, 0.1) is 5.92 Å². The fourth-order valence-electron chi connectivity index (χ4n) is 1.64. The Labute approximate surface area is 116 Å². The first-order valence-electron chi connectivity index (χ1n) is 5.51. The third kappa shape index (κ3) is 4.59. The highest BCUT2D eigenvalue weighted by atomic mass is 79.9. The van der Waals surface area contributed by atoms with Crippen molar-refractivity contribution in [3.05, 3.63) is 28.2 Å². The topological polar surface area (TPSA) is 63.6 Å². The number of sulfone groups is 1. The molecule has 102 valence electrons. The zero-order valence-corrected chi connectivity index (χ0v) is 12.8. The Balaban J connectivity index is 2.93. The average Bonchev–Trinajstić information content (AvgIpc) is 2.28. The van der Waals surface area contributed by atoms with Crippen molar-refractivity contribution in [3.8, 4) is 5.75 Å². The highest BCUT2D eigenvalue weighted by Crippen LogP contribution is 2.25. The molecule has 6 heteroatoms. The third-order valence-corrected chi connectivity index (χ3v) is 4.79. The molecule has 1 aromatic rings. The molecule has 1 rings (SSSR count). The number of rotatable bonds is 6. The van der Waals surface area contributed by atoms with E-state index in [1.165, 1.54) is 7.11 Å². The Hall–Kier alpha value is -0.590. The van der Waals surface area contributed by atoms with Crippen LogP contribution in [-0.2, 0) is 15.6 Å². The van der Waals surface area contributed by atoms with E-state index in [1.54, 1.807) is 25.1 Å². The van der Waals surface area contributed by atoms with Gasteiger partial charge in [0, 0.05) is 16.6 Å². The number of aliphatic hydroxyl groups excluding tert-OH is 1. The van der Waals surface area contributed by atoms with E-state index in [1.807, 2.05) is 0 Å². The van der Waals surface area contributed by atoms with Gasteiger partial charge in [0.15, 0.2) is 9.84 Å². The molecule has 0 amide bonds. The van der Waals surface area contributed by atoms with Crippen LogP contribution in [0.3, 0.4) is 0 Å². The van der Waals surface area contributed by atoms with Gasteiger partial charge >= 0.3 is 0 Å². The summed E-state index contributed by atoms with van der Waals surface area (Å²) in [6.07, 6.45) is 0. The number of ether oxygens (including phenoxy) is 1. The second-order valence-electron chi connectivity index (χ2n) is 4.30. The van der Waals surface area contributed by atoms with E-state index in [9.17, 15) is 8.42 Å². The van der Waals surface area contributed by atoms with E-state index in [2.05, 4.69) is 15.9 Å². The summed E-state index contributed by atoms with van der Waals surface area (Å²) in [5.41, 5.74) is 0.622. The van der Waals surface area contributed by atoms with Crippen LogP contribution < -0.4 is 4.74 Å². The van der Waals surface area contributed by atoms with Crippen molar-refractivity contribution in [1.82, 2.24) is 0 Å². The maximum absolute atomic E-state index is 12.0. The number of hydrogen-bond acceptors (Lipinski definition) is 4. The molecule has 0 aliphatic rings. The minimum absolute atomic E-state index is 0.0286. The van der Waals surface area contributed by atoms with Crippen LogP contribution in [0.25, 0.3) is 0 Å². The van der Waals surface area contributed by atoms with Crippen molar-refractivity contribution < 1.29 is 18.3 Å². The molecule has 0 aromatic heterocycles. The highest BCUT2D eigenvalue weighted by Gasteiger charge is 2.18. The van der Waals surface area contributed by atoms with Crippen LogP contribution in [0.4, 0.5) is 0 Å². The molecule has 4 nitrogen and oxygen atoms in total. The van der Waals surface area contributed by atoms with Gasteiger partial charge in [-0.1, -0.05) is 22.9 Å². The predicted octanol–water partition coefficient (Wildman–Crippen LogP) is 2.00. The zero-order chi connectivity index (χ0) is 13.8. The Bertz CT molecular complexity index is 499. The van der Waals surface area contributed by atoms with Crippen LogP contribution in [0.5, 0.6) is 5.75 Å². The summed E-state index contributed by atoms with van der Waals surface area (Å²) in [7, 11) is -1.75. The fraction of sp³-hybridized carbons (Fsp3) is 0.500. The van der Waals surface area contributed by atoms with Gasteiger partial charge in [0.1, 0.15) is 5.75 Å². The first-order valence-corrected chi connectivity index (χ1v) is 8.13.